The van der Waals surface area contributed by atoms with E-state index >= 15 is 0 Å². The highest BCUT2D eigenvalue weighted by atomic mass is 32.2. The van der Waals surface area contributed by atoms with Crippen LogP contribution in [-0.4, -0.2) is 53.9 Å². The summed E-state index contributed by atoms with van der Waals surface area (Å²) in [6, 6.07) is 1.59. The molecule has 0 bridgehead atoms. The maximum absolute atomic E-state index is 12.3. The lowest BCUT2D eigenvalue weighted by molar-refractivity contribution is 0.0780. The van der Waals surface area contributed by atoms with Crippen molar-refractivity contribution >= 4 is 15.7 Å². The molecule has 0 unspecified atom stereocenters. The van der Waals surface area contributed by atoms with E-state index in [4.69, 9.17) is 4.52 Å². The largest absolute Gasteiger partial charge is 0.361 e. The molecule has 1 amide bonds. The predicted octanol–water partition coefficient (Wildman–Crippen LogP) is 0.739. The van der Waals surface area contributed by atoms with Crippen LogP contribution in [0.2, 0.25) is 0 Å². The van der Waals surface area contributed by atoms with E-state index in [1.54, 1.807) is 17.9 Å². The fourth-order valence-corrected chi connectivity index (χ4v) is 3.54. The number of aromatic nitrogens is 3. The standard InChI is InChI=1S/C13H16N4O4S/c1-8-5-10(16-21-8)13(18)17-4-3-9(7-17)12-11(6-14-15-12)22(2,19)20/h5-6,9H,3-4,7H2,1-2H3,(H,14,15)/t9-/m0/s1. The SMILES string of the molecule is Cc1cc(C(=O)N2CC[C@H](c3[nH]ncc3S(C)(=O)=O)C2)no1. The van der Waals surface area contributed by atoms with Crippen molar-refractivity contribution in [2.45, 2.75) is 24.2 Å². The second-order valence-corrected chi connectivity index (χ2v) is 7.46. The summed E-state index contributed by atoms with van der Waals surface area (Å²) in [5.74, 6) is 0.288. The van der Waals surface area contributed by atoms with Gasteiger partial charge < -0.3 is 9.42 Å². The Morgan fingerprint density at radius 3 is 2.91 bits per heavy atom. The molecule has 1 saturated heterocycles. The molecular weight excluding hydrogens is 308 g/mol. The molecule has 8 nitrogen and oxygen atoms in total. The normalized spacial score (nSPS) is 18.8. The predicted molar refractivity (Wildman–Crippen MR) is 76.2 cm³/mol. The fraction of sp³-hybridized carbons (Fsp3) is 0.462. The van der Waals surface area contributed by atoms with E-state index < -0.39 is 9.84 Å². The summed E-state index contributed by atoms with van der Waals surface area (Å²) in [5, 5.41) is 10.3. The van der Waals surface area contributed by atoms with Crippen molar-refractivity contribution in [3.63, 3.8) is 0 Å². The number of amides is 1. The molecule has 1 aliphatic heterocycles. The van der Waals surface area contributed by atoms with Crippen molar-refractivity contribution in [3.8, 4) is 0 Å². The van der Waals surface area contributed by atoms with Crippen LogP contribution in [0.25, 0.3) is 0 Å². The van der Waals surface area contributed by atoms with Crippen molar-refractivity contribution in [1.29, 1.82) is 0 Å². The van der Waals surface area contributed by atoms with Crippen molar-refractivity contribution in [1.82, 2.24) is 20.3 Å². The number of likely N-dealkylation sites (tertiary alicyclic amines) is 1. The van der Waals surface area contributed by atoms with Gasteiger partial charge in [-0.25, -0.2) is 8.42 Å². The quantitative estimate of drug-likeness (QED) is 0.892. The summed E-state index contributed by atoms with van der Waals surface area (Å²) in [6.45, 7) is 2.69. The third-order valence-electron chi connectivity index (χ3n) is 3.76. The third-order valence-corrected chi connectivity index (χ3v) is 4.89. The zero-order valence-electron chi connectivity index (χ0n) is 12.2. The van der Waals surface area contributed by atoms with Crippen molar-refractivity contribution < 1.29 is 17.7 Å². The topological polar surface area (TPSA) is 109 Å². The molecule has 2 aromatic rings. The number of rotatable bonds is 3. The average molecular weight is 324 g/mol. The van der Waals surface area contributed by atoms with Crippen LogP contribution < -0.4 is 0 Å². The minimum Gasteiger partial charge on any atom is -0.361 e. The Morgan fingerprint density at radius 1 is 1.50 bits per heavy atom. The van der Waals surface area contributed by atoms with E-state index in [1.807, 2.05) is 0 Å². The van der Waals surface area contributed by atoms with Gasteiger partial charge in [-0.05, 0) is 13.3 Å². The van der Waals surface area contributed by atoms with Crippen LogP contribution in [-0.2, 0) is 9.84 Å². The molecule has 1 atom stereocenters. The third kappa shape index (κ3) is 2.63. The fourth-order valence-electron chi connectivity index (χ4n) is 2.68. The Morgan fingerprint density at radius 2 is 2.27 bits per heavy atom. The zero-order valence-corrected chi connectivity index (χ0v) is 13.1. The summed E-state index contributed by atoms with van der Waals surface area (Å²) >= 11 is 0. The van der Waals surface area contributed by atoms with E-state index in [-0.39, 0.29) is 22.4 Å². The first-order chi connectivity index (χ1) is 10.4. The first kappa shape index (κ1) is 14.8. The van der Waals surface area contributed by atoms with Crippen molar-refractivity contribution in [3.05, 3.63) is 29.4 Å². The Kier molecular flexibility index (Phi) is 3.51. The van der Waals surface area contributed by atoms with Gasteiger partial charge in [-0.15, -0.1) is 0 Å². The second-order valence-electron chi connectivity index (χ2n) is 5.48. The van der Waals surface area contributed by atoms with Gasteiger partial charge in [0, 0.05) is 31.3 Å². The number of aryl methyl sites for hydroxylation is 1. The van der Waals surface area contributed by atoms with Gasteiger partial charge in [-0.3, -0.25) is 9.89 Å². The summed E-state index contributed by atoms with van der Waals surface area (Å²) in [6.07, 6.45) is 3.14. The van der Waals surface area contributed by atoms with E-state index in [0.29, 0.717) is 31.0 Å². The van der Waals surface area contributed by atoms with Crippen LogP contribution in [0, 0.1) is 6.92 Å². The Labute approximate surface area is 127 Å². The number of hydrogen-bond acceptors (Lipinski definition) is 6. The van der Waals surface area contributed by atoms with E-state index in [0.717, 1.165) is 6.26 Å². The van der Waals surface area contributed by atoms with Gasteiger partial charge in [-0.2, -0.15) is 5.10 Å². The van der Waals surface area contributed by atoms with Gasteiger partial charge in [0.05, 0.1) is 11.9 Å². The maximum Gasteiger partial charge on any atom is 0.276 e. The highest BCUT2D eigenvalue weighted by molar-refractivity contribution is 7.90. The van der Waals surface area contributed by atoms with Gasteiger partial charge >= 0.3 is 0 Å². The monoisotopic (exact) mass is 324 g/mol. The Hall–Kier alpha value is -2.16. The molecule has 118 valence electrons. The Bertz CT molecular complexity index is 808. The van der Waals surface area contributed by atoms with Crippen molar-refractivity contribution in [2.75, 3.05) is 19.3 Å². The molecule has 1 N–H and O–H groups in total. The molecule has 1 fully saturated rings. The van der Waals surface area contributed by atoms with Crippen LogP contribution >= 0.6 is 0 Å². The van der Waals surface area contributed by atoms with E-state index in [1.165, 1.54) is 6.20 Å². The highest BCUT2D eigenvalue weighted by Crippen LogP contribution is 2.30. The first-order valence-electron chi connectivity index (χ1n) is 6.82. The molecular formula is C13H16N4O4S. The number of nitrogens with one attached hydrogen (secondary N) is 1. The molecule has 9 heteroatoms. The molecule has 0 spiro atoms. The number of aromatic amines is 1. The molecule has 3 rings (SSSR count). The van der Waals surface area contributed by atoms with Crippen molar-refractivity contribution in [2.24, 2.45) is 0 Å². The molecule has 0 radical (unpaired) electrons. The van der Waals surface area contributed by atoms with Crippen LogP contribution in [0.3, 0.4) is 0 Å². The lowest BCUT2D eigenvalue weighted by Gasteiger charge is -2.14. The lowest BCUT2D eigenvalue weighted by atomic mass is 10.1. The smallest absolute Gasteiger partial charge is 0.276 e. The summed E-state index contributed by atoms with van der Waals surface area (Å²) < 4.78 is 28.4. The molecule has 22 heavy (non-hydrogen) atoms. The van der Waals surface area contributed by atoms with Gasteiger partial charge in [0.25, 0.3) is 5.91 Å². The van der Waals surface area contributed by atoms with Gasteiger partial charge in [0.2, 0.25) is 0 Å². The summed E-state index contributed by atoms with van der Waals surface area (Å²) in [7, 11) is -3.34. The molecule has 0 aliphatic carbocycles. The first-order valence-corrected chi connectivity index (χ1v) is 8.71. The van der Waals surface area contributed by atoms with Crippen LogP contribution in [0.15, 0.2) is 21.7 Å². The van der Waals surface area contributed by atoms with E-state index in [9.17, 15) is 13.2 Å². The van der Waals surface area contributed by atoms with Crippen LogP contribution in [0.4, 0.5) is 0 Å². The van der Waals surface area contributed by atoms with E-state index in [2.05, 4.69) is 15.4 Å². The summed E-state index contributed by atoms with van der Waals surface area (Å²) in [4.78, 5) is 14.2. The highest BCUT2D eigenvalue weighted by Gasteiger charge is 2.33. The van der Waals surface area contributed by atoms with Gasteiger partial charge in [0.1, 0.15) is 10.7 Å². The average Bonchev–Trinajstić information content (AvgIpc) is 3.16. The molecule has 0 saturated carbocycles. The number of hydrogen-bond donors (Lipinski definition) is 1. The van der Waals surface area contributed by atoms with Gasteiger partial charge in [-0.1, -0.05) is 5.16 Å². The number of nitrogens with zero attached hydrogens (tertiary/aromatic N) is 3. The molecule has 0 aromatic carbocycles. The number of carbonyl (C=O) groups excluding carboxylic acids is 1. The zero-order chi connectivity index (χ0) is 15.9. The summed E-state index contributed by atoms with van der Waals surface area (Å²) in [5.41, 5.74) is 0.834. The molecule has 2 aromatic heterocycles. The van der Waals surface area contributed by atoms with Crippen LogP contribution in [0.1, 0.15) is 34.3 Å². The number of H-pyrrole nitrogens is 1. The number of carbonyl (C=O) groups is 1. The minimum atomic E-state index is -3.34. The van der Waals surface area contributed by atoms with Crippen LogP contribution in [0.5, 0.6) is 0 Å². The Balaban J connectivity index is 1.78. The second kappa shape index (κ2) is 5.24. The lowest BCUT2D eigenvalue weighted by Crippen LogP contribution is -2.28. The number of sulfone groups is 1. The minimum absolute atomic E-state index is 0.0795. The molecule has 3 heterocycles. The van der Waals surface area contributed by atoms with Gasteiger partial charge in [0.15, 0.2) is 15.5 Å². The maximum atomic E-state index is 12.3. The molecule has 1 aliphatic rings.